The van der Waals surface area contributed by atoms with Crippen molar-refractivity contribution in [3.8, 4) is 11.1 Å². The summed E-state index contributed by atoms with van der Waals surface area (Å²) in [5.74, 6) is -1.82. The third-order valence-electron chi connectivity index (χ3n) is 2.36. The van der Waals surface area contributed by atoms with Gasteiger partial charge in [0, 0.05) is 10.6 Å². The van der Waals surface area contributed by atoms with E-state index in [2.05, 4.69) is 0 Å². The summed E-state index contributed by atoms with van der Waals surface area (Å²) in [5.41, 5.74) is 0.717. The smallest absolute Gasteiger partial charge is 0.131 e. The van der Waals surface area contributed by atoms with Crippen molar-refractivity contribution in [2.45, 2.75) is 0 Å². The predicted octanol–water partition coefficient (Wildman–Crippen LogP) is 2.51. The first-order valence-electron chi connectivity index (χ1n) is 4.85. The summed E-state index contributed by atoms with van der Waals surface area (Å²) in [6.45, 7) is 0. The van der Waals surface area contributed by atoms with Crippen LogP contribution in [-0.2, 0) is 0 Å². The molecule has 0 N–H and O–H groups in total. The van der Waals surface area contributed by atoms with Crippen LogP contribution >= 0.6 is 11.6 Å². The minimum Gasteiger partial charge on any atom is -0.545 e. The molecular weight excluding hydrogens is 243 g/mol. The van der Waals surface area contributed by atoms with Gasteiger partial charge in [-0.1, -0.05) is 29.8 Å². The first-order chi connectivity index (χ1) is 8.08. The van der Waals surface area contributed by atoms with E-state index in [-0.39, 0.29) is 11.1 Å². The summed E-state index contributed by atoms with van der Waals surface area (Å²) >= 11 is 5.72. The first-order valence-corrected chi connectivity index (χ1v) is 5.22. The van der Waals surface area contributed by atoms with Gasteiger partial charge in [0.05, 0.1) is 5.97 Å². The second kappa shape index (κ2) is 4.55. The molecule has 0 saturated heterocycles. The minimum atomic E-state index is -1.33. The number of hydrogen-bond acceptors (Lipinski definition) is 2. The molecule has 2 aromatic carbocycles. The molecule has 0 amide bonds. The van der Waals surface area contributed by atoms with Crippen LogP contribution in [0.3, 0.4) is 0 Å². The van der Waals surface area contributed by atoms with Crippen molar-refractivity contribution in [3.05, 3.63) is 58.9 Å². The SMILES string of the molecule is O=C([O-])c1ccc(F)c(-c2ccc(Cl)cc2)c1. The van der Waals surface area contributed by atoms with Gasteiger partial charge in [-0.2, -0.15) is 0 Å². The summed E-state index contributed by atoms with van der Waals surface area (Å²) in [5, 5.41) is 11.2. The molecule has 0 fully saturated rings. The average Bonchev–Trinajstić information content (AvgIpc) is 2.31. The molecule has 86 valence electrons. The zero-order valence-electron chi connectivity index (χ0n) is 8.61. The summed E-state index contributed by atoms with van der Waals surface area (Å²) in [7, 11) is 0. The Balaban J connectivity index is 2.54. The Labute approximate surface area is 102 Å². The van der Waals surface area contributed by atoms with Crippen molar-refractivity contribution >= 4 is 17.6 Å². The molecule has 2 nitrogen and oxygen atoms in total. The first kappa shape index (κ1) is 11.6. The van der Waals surface area contributed by atoms with E-state index in [1.165, 1.54) is 12.1 Å². The maximum Gasteiger partial charge on any atom is 0.131 e. The van der Waals surface area contributed by atoms with Crippen LogP contribution in [0.25, 0.3) is 11.1 Å². The Hall–Kier alpha value is -1.87. The molecule has 0 aromatic heterocycles. The number of aromatic carboxylic acids is 1. The molecule has 2 rings (SSSR count). The van der Waals surface area contributed by atoms with Gasteiger partial charge in [-0.25, -0.2) is 4.39 Å². The second-order valence-electron chi connectivity index (χ2n) is 3.49. The van der Waals surface area contributed by atoms with E-state index in [4.69, 9.17) is 11.6 Å². The van der Waals surface area contributed by atoms with Gasteiger partial charge >= 0.3 is 0 Å². The average molecular weight is 250 g/mol. The van der Waals surface area contributed by atoms with Crippen LogP contribution in [0.4, 0.5) is 4.39 Å². The Morgan fingerprint density at radius 3 is 2.35 bits per heavy atom. The number of carboxylic acids is 1. The highest BCUT2D eigenvalue weighted by atomic mass is 35.5. The Morgan fingerprint density at radius 2 is 1.76 bits per heavy atom. The fourth-order valence-corrected chi connectivity index (χ4v) is 1.63. The lowest BCUT2D eigenvalue weighted by molar-refractivity contribution is -0.255. The van der Waals surface area contributed by atoms with Gasteiger partial charge in [0.2, 0.25) is 0 Å². The largest absolute Gasteiger partial charge is 0.545 e. The van der Waals surface area contributed by atoms with Crippen LogP contribution in [-0.4, -0.2) is 5.97 Å². The van der Waals surface area contributed by atoms with Crippen LogP contribution in [0, 0.1) is 5.82 Å². The topological polar surface area (TPSA) is 40.1 Å². The minimum absolute atomic E-state index is 0.0589. The zero-order chi connectivity index (χ0) is 12.4. The molecule has 2 aromatic rings. The molecule has 0 radical (unpaired) electrons. The Bertz CT molecular complexity index is 564. The number of rotatable bonds is 2. The van der Waals surface area contributed by atoms with E-state index in [0.29, 0.717) is 10.6 Å². The van der Waals surface area contributed by atoms with Crippen LogP contribution in [0.5, 0.6) is 0 Å². The van der Waals surface area contributed by atoms with Crippen LogP contribution < -0.4 is 5.11 Å². The lowest BCUT2D eigenvalue weighted by atomic mass is 10.0. The molecule has 0 aliphatic rings. The number of benzene rings is 2. The van der Waals surface area contributed by atoms with Crippen molar-refractivity contribution in [2.75, 3.05) is 0 Å². The van der Waals surface area contributed by atoms with Gasteiger partial charge in [0.15, 0.2) is 0 Å². The maximum atomic E-state index is 13.6. The molecule has 0 bridgehead atoms. The standard InChI is InChI=1S/C13H8ClFO2/c14-10-4-1-8(2-5-10)11-7-9(13(16)17)3-6-12(11)15/h1-7H,(H,16,17)/p-1. The van der Waals surface area contributed by atoms with Gasteiger partial charge in [-0.3, -0.25) is 0 Å². The van der Waals surface area contributed by atoms with Gasteiger partial charge < -0.3 is 9.90 Å². The van der Waals surface area contributed by atoms with Crippen molar-refractivity contribution in [3.63, 3.8) is 0 Å². The number of carbonyl (C=O) groups excluding carboxylic acids is 1. The third-order valence-corrected chi connectivity index (χ3v) is 2.61. The van der Waals surface area contributed by atoms with Gasteiger partial charge in [0.1, 0.15) is 5.82 Å². The normalized spacial score (nSPS) is 10.2. The molecule has 4 heteroatoms. The zero-order valence-corrected chi connectivity index (χ0v) is 9.37. The Morgan fingerprint density at radius 1 is 1.12 bits per heavy atom. The molecule has 0 heterocycles. The van der Waals surface area contributed by atoms with Gasteiger partial charge in [-0.15, -0.1) is 0 Å². The van der Waals surface area contributed by atoms with E-state index >= 15 is 0 Å². The van der Waals surface area contributed by atoms with Crippen LogP contribution in [0.2, 0.25) is 5.02 Å². The second-order valence-corrected chi connectivity index (χ2v) is 3.93. The summed E-state index contributed by atoms with van der Waals surface area (Å²) < 4.78 is 13.6. The van der Waals surface area contributed by atoms with Crippen molar-refractivity contribution in [1.82, 2.24) is 0 Å². The van der Waals surface area contributed by atoms with E-state index in [0.717, 1.165) is 6.07 Å². The number of halogens is 2. The molecule has 0 spiro atoms. The van der Waals surface area contributed by atoms with Crippen molar-refractivity contribution < 1.29 is 14.3 Å². The number of carbonyl (C=O) groups is 1. The molecular formula is C13H7ClFO2-. The molecule has 0 atom stereocenters. The molecule has 0 aliphatic heterocycles. The van der Waals surface area contributed by atoms with Crippen molar-refractivity contribution in [1.29, 1.82) is 0 Å². The monoisotopic (exact) mass is 249 g/mol. The van der Waals surface area contributed by atoms with E-state index in [1.807, 2.05) is 0 Å². The Kier molecular flexibility index (Phi) is 3.11. The highest BCUT2D eigenvalue weighted by Crippen LogP contribution is 2.25. The van der Waals surface area contributed by atoms with Crippen LogP contribution in [0.15, 0.2) is 42.5 Å². The molecule has 0 saturated carbocycles. The maximum absolute atomic E-state index is 13.6. The highest BCUT2D eigenvalue weighted by molar-refractivity contribution is 6.30. The van der Waals surface area contributed by atoms with Gasteiger partial charge in [-0.05, 0) is 35.4 Å². The third kappa shape index (κ3) is 2.45. The van der Waals surface area contributed by atoms with E-state index in [9.17, 15) is 14.3 Å². The summed E-state index contributed by atoms with van der Waals surface area (Å²) in [4.78, 5) is 10.7. The van der Waals surface area contributed by atoms with Crippen LogP contribution in [0.1, 0.15) is 10.4 Å². The molecule has 0 aliphatic carbocycles. The van der Waals surface area contributed by atoms with Crippen molar-refractivity contribution in [2.24, 2.45) is 0 Å². The lowest BCUT2D eigenvalue weighted by Crippen LogP contribution is -2.22. The molecule has 17 heavy (non-hydrogen) atoms. The summed E-state index contributed by atoms with van der Waals surface area (Å²) in [6, 6.07) is 10.00. The fourth-order valence-electron chi connectivity index (χ4n) is 1.50. The predicted molar refractivity (Wildman–Crippen MR) is 61.2 cm³/mol. The summed E-state index contributed by atoms with van der Waals surface area (Å²) in [6.07, 6.45) is 0. The quantitative estimate of drug-likeness (QED) is 0.820. The van der Waals surface area contributed by atoms with E-state index in [1.54, 1.807) is 24.3 Å². The fraction of sp³-hybridized carbons (Fsp3) is 0. The molecule has 0 unspecified atom stereocenters. The highest BCUT2D eigenvalue weighted by Gasteiger charge is 2.06. The number of hydrogen-bond donors (Lipinski definition) is 0. The van der Waals surface area contributed by atoms with E-state index < -0.39 is 11.8 Å². The lowest BCUT2D eigenvalue weighted by Gasteiger charge is -2.07. The van der Waals surface area contributed by atoms with Gasteiger partial charge in [0.25, 0.3) is 0 Å². The number of carboxylic acid groups (broad SMARTS) is 1.